The molecule has 0 unspecified atom stereocenters. The Balaban J connectivity index is 2.52. The van der Waals surface area contributed by atoms with Gasteiger partial charge < -0.3 is 16.4 Å². The summed E-state index contributed by atoms with van der Waals surface area (Å²) in [7, 11) is 0. The highest BCUT2D eigenvalue weighted by atomic mass is 16.1. The first kappa shape index (κ1) is 14.4. The average molecular weight is 250 g/mol. The second-order valence-electron chi connectivity index (χ2n) is 5.25. The predicted octanol–water partition coefficient (Wildman–Crippen LogP) is 1.97. The summed E-state index contributed by atoms with van der Waals surface area (Å²) in [5.41, 5.74) is 6.27. The second-order valence-corrected chi connectivity index (χ2v) is 5.25. The zero-order valence-corrected chi connectivity index (χ0v) is 11.3. The van der Waals surface area contributed by atoms with Crippen LogP contribution in [0.15, 0.2) is 18.3 Å². The van der Waals surface area contributed by atoms with Gasteiger partial charge in [0.2, 0.25) is 5.91 Å². The first-order valence-corrected chi connectivity index (χ1v) is 6.15. The van der Waals surface area contributed by atoms with Gasteiger partial charge in [0.1, 0.15) is 5.82 Å². The van der Waals surface area contributed by atoms with E-state index >= 15 is 0 Å². The molecule has 0 radical (unpaired) electrons. The van der Waals surface area contributed by atoms with E-state index < -0.39 is 0 Å². The van der Waals surface area contributed by atoms with Crippen molar-refractivity contribution in [2.75, 3.05) is 17.2 Å². The molecule has 1 amide bonds. The van der Waals surface area contributed by atoms with Crippen molar-refractivity contribution < 1.29 is 4.79 Å². The topological polar surface area (TPSA) is 80.0 Å². The van der Waals surface area contributed by atoms with Crippen LogP contribution in [0.5, 0.6) is 0 Å². The molecule has 0 aliphatic heterocycles. The number of carbonyl (C=O) groups is 1. The first-order valence-electron chi connectivity index (χ1n) is 6.15. The lowest BCUT2D eigenvalue weighted by molar-refractivity contribution is -0.116. The Labute approximate surface area is 108 Å². The zero-order valence-electron chi connectivity index (χ0n) is 11.3. The minimum atomic E-state index is -0.0514. The van der Waals surface area contributed by atoms with Crippen LogP contribution in [-0.2, 0) is 4.79 Å². The van der Waals surface area contributed by atoms with Gasteiger partial charge >= 0.3 is 0 Å². The van der Waals surface area contributed by atoms with E-state index in [1.54, 1.807) is 12.3 Å². The molecule has 18 heavy (non-hydrogen) atoms. The maximum absolute atomic E-state index is 11.5. The largest absolute Gasteiger partial charge is 0.379 e. The van der Waals surface area contributed by atoms with Crippen LogP contribution in [-0.4, -0.2) is 23.0 Å². The van der Waals surface area contributed by atoms with E-state index in [-0.39, 0.29) is 11.4 Å². The van der Waals surface area contributed by atoms with Gasteiger partial charge in [-0.15, -0.1) is 0 Å². The maximum atomic E-state index is 11.5. The standard InChI is InChI=1S/C13H22N4O/c1-13(2,3)17-10-6-7-11(15-9-10)16-12(18)5-4-8-14/h6-7,9,17H,4-5,8,14H2,1-3H3,(H,15,16,18). The Morgan fingerprint density at radius 1 is 1.39 bits per heavy atom. The lowest BCUT2D eigenvalue weighted by Gasteiger charge is -2.21. The number of carbonyl (C=O) groups excluding carboxylic acids is 1. The molecule has 4 N–H and O–H groups in total. The smallest absolute Gasteiger partial charge is 0.225 e. The normalized spacial score (nSPS) is 11.1. The number of hydrogen-bond donors (Lipinski definition) is 3. The van der Waals surface area contributed by atoms with Gasteiger partial charge in [-0.2, -0.15) is 0 Å². The zero-order chi connectivity index (χ0) is 13.6. The molecule has 1 aromatic rings. The number of aromatic nitrogens is 1. The van der Waals surface area contributed by atoms with Crippen molar-refractivity contribution >= 4 is 17.4 Å². The summed E-state index contributed by atoms with van der Waals surface area (Å²) in [5.74, 6) is 0.515. The van der Waals surface area contributed by atoms with E-state index in [9.17, 15) is 4.79 Å². The Morgan fingerprint density at radius 3 is 2.61 bits per heavy atom. The fourth-order valence-electron chi connectivity index (χ4n) is 1.44. The third-order valence-corrected chi connectivity index (χ3v) is 2.16. The Bertz CT molecular complexity index is 381. The van der Waals surface area contributed by atoms with Gasteiger partial charge in [-0.05, 0) is 45.9 Å². The minimum Gasteiger partial charge on any atom is -0.379 e. The number of nitrogens with one attached hydrogen (secondary N) is 2. The van der Waals surface area contributed by atoms with Crippen molar-refractivity contribution in [2.24, 2.45) is 5.73 Å². The number of rotatable bonds is 5. The van der Waals surface area contributed by atoms with Gasteiger partial charge in [0.05, 0.1) is 11.9 Å². The van der Waals surface area contributed by atoms with Crippen molar-refractivity contribution in [2.45, 2.75) is 39.2 Å². The third-order valence-electron chi connectivity index (χ3n) is 2.16. The monoisotopic (exact) mass is 250 g/mol. The fraction of sp³-hybridized carbons (Fsp3) is 0.538. The van der Waals surface area contributed by atoms with Gasteiger partial charge in [-0.3, -0.25) is 4.79 Å². The van der Waals surface area contributed by atoms with Gasteiger partial charge in [-0.25, -0.2) is 4.98 Å². The number of pyridine rings is 1. The molecule has 100 valence electrons. The highest BCUT2D eigenvalue weighted by Gasteiger charge is 2.09. The van der Waals surface area contributed by atoms with Crippen LogP contribution >= 0.6 is 0 Å². The van der Waals surface area contributed by atoms with Gasteiger partial charge in [0.15, 0.2) is 0 Å². The van der Waals surface area contributed by atoms with Crippen molar-refractivity contribution in [3.05, 3.63) is 18.3 Å². The van der Waals surface area contributed by atoms with E-state index in [1.807, 2.05) is 6.07 Å². The molecule has 0 bridgehead atoms. The molecule has 0 aliphatic carbocycles. The molecule has 0 spiro atoms. The molecular weight excluding hydrogens is 228 g/mol. The Hall–Kier alpha value is -1.62. The number of nitrogens with two attached hydrogens (primary N) is 1. The molecule has 1 rings (SSSR count). The number of hydrogen-bond acceptors (Lipinski definition) is 4. The number of anilines is 2. The van der Waals surface area contributed by atoms with Gasteiger partial charge in [0, 0.05) is 12.0 Å². The second kappa shape index (κ2) is 6.35. The van der Waals surface area contributed by atoms with E-state index in [4.69, 9.17) is 5.73 Å². The van der Waals surface area contributed by atoms with Crippen LogP contribution in [0.4, 0.5) is 11.5 Å². The van der Waals surface area contributed by atoms with Crippen LogP contribution in [0.1, 0.15) is 33.6 Å². The third kappa shape index (κ3) is 5.63. The molecule has 5 nitrogen and oxygen atoms in total. The summed E-state index contributed by atoms with van der Waals surface area (Å²) in [5, 5.41) is 6.04. The molecule has 1 heterocycles. The Morgan fingerprint density at radius 2 is 2.11 bits per heavy atom. The van der Waals surface area contributed by atoms with E-state index in [0.717, 1.165) is 5.69 Å². The summed E-state index contributed by atoms with van der Waals surface area (Å²) < 4.78 is 0. The average Bonchev–Trinajstić information content (AvgIpc) is 2.27. The summed E-state index contributed by atoms with van der Waals surface area (Å²) in [4.78, 5) is 15.6. The maximum Gasteiger partial charge on any atom is 0.225 e. The van der Waals surface area contributed by atoms with Gasteiger partial charge in [-0.1, -0.05) is 0 Å². The summed E-state index contributed by atoms with van der Waals surface area (Å²) >= 11 is 0. The molecule has 0 fully saturated rings. The quantitative estimate of drug-likeness (QED) is 0.746. The number of amides is 1. The van der Waals surface area contributed by atoms with Crippen LogP contribution < -0.4 is 16.4 Å². The fourth-order valence-corrected chi connectivity index (χ4v) is 1.44. The lowest BCUT2D eigenvalue weighted by atomic mass is 10.1. The lowest BCUT2D eigenvalue weighted by Crippen LogP contribution is -2.26. The summed E-state index contributed by atoms with van der Waals surface area (Å²) in [6.07, 6.45) is 2.83. The van der Waals surface area contributed by atoms with E-state index in [2.05, 4.69) is 36.4 Å². The molecule has 0 aromatic carbocycles. The van der Waals surface area contributed by atoms with Crippen molar-refractivity contribution in [3.8, 4) is 0 Å². The van der Waals surface area contributed by atoms with Gasteiger partial charge in [0.25, 0.3) is 0 Å². The molecule has 0 aliphatic rings. The summed E-state index contributed by atoms with van der Waals surface area (Å²) in [6, 6.07) is 3.69. The Kier molecular flexibility index (Phi) is 5.09. The SMILES string of the molecule is CC(C)(C)Nc1ccc(NC(=O)CCCN)nc1. The molecule has 0 atom stereocenters. The summed E-state index contributed by atoms with van der Waals surface area (Å²) in [6.45, 7) is 6.76. The van der Waals surface area contributed by atoms with Crippen molar-refractivity contribution in [1.82, 2.24) is 4.98 Å². The van der Waals surface area contributed by atoms with Crippen molar-refractivity contribution in [3.63, 3.8) is 0 Å². The highest BCUT2D eigenvalue weighted by Crippen LogP contribution is 2.15. The molecule has 1 aromatic heterocycles. The highest BCUT2D eigenvalue weighted by molar-refractivity contribution is 5.89. The first-order chi connectivity index (χ1) is 8.40. The van der Waals surface area contributed by atoms with Crippen LogP contribution in [0.25, 0.3) is 0 Å². The molecular formula is C13H22N4O. The van der Waals surface area contributed by atoms with E-state index in [1.165, 1.54) is 0 Å². The van der Waals surface area contributed by atoms with Crippen LogP contribution in [0.3, 0.4) is 0 Å². The molecule has 0 saturated carbocycles. The van der Waals surface area contributed by atoms with Crippen LogP contribution in [0.2, 0.25) is 0 Å². The predicted molar refractivity (Wildman–Crippen MR) is 74.5 cm³/mol. The number of nitrogens with zero attached hydrogens (tertiary/aromatic N) is 1. The minimum absolute atomic E-state index is 0.00638. The van der Waals surface area contributed by atoms with Crippen molar-refractivity contribution in [1.29, 1.82) is 0 Å². The molecule has 5 heteroatoms. The molecule has 0 saturated heterocycles. The van der Waals surface area contributed by atoms with E-state index in [0.29, 0.717) is 25.2 Å². The van der Waals surface area contributed by atoms with Crippen LogP contribution in [0, 0.1) is 0 Å².